The third-order valence-corrected chi connectivity index (χ3v) is 5.52. The average molecular weight is 398 g/mol. The van der Waals surface area contributed by atoms with Crippen molar-refractivity contribution in [3.63, 3.8) is 0 Å². The highest BCUT2D eigenvalue weighted by molar-refractivity contribution is 6.23. The molecule has 152 valence electrons. The Balaban J connectivity index is 1.82. The fourth-order valence-electron chi connectivity index (χ4n) is 3.49. The summed E-state index contributed by atoms with van der Waals surface area (Å²) in [6.07, 6.45) is 2.09. The minimum absolute atomic E-state index is 0.608. The molecule has 5 heteroatoms. The zero-order valence-corrected chi connectivity index (χ0v) is 18.4. The molecule has 0 spiro atoms. The van der Waals surface area contributed by atoms with Gasteiger partial charge in [-0.05, 0) is 63.1 Å². The summed E-state index contributed by atoms with van der Waals surface area (Å²) in [6, 6.07) is 16.8. The zero-order chi connectivity index (χ0) is 21.4. The fraction of sp³-hybridized carbons (Fsp3) is 0.240. The molecule has 1 aromatic heterocycles. The van der Waals surface area contributed by atoms with E-state index >= 15 is 0 Å². The fourth-order valence-corrected chi connectivity index (χ4v) is 3.49. The molecule has 0 radical (unpaired) electrons. The number of anilines is 1. The molecule has 1 aliphatic rings. The Morgan fingerprint density at radius 1 is 0.900 bits per heavy atom. The highest BCUT2D eigenvalue weighted by atomic mass is 15.4. The lowest BCUT2D eigenvalue weighted by Crippen LogP contribution is -2.11. The van der Waals surface area contributed by atoms with Gasteiger partial charge in [0.2, 0.25) is 0 Å². The number of aryl methyl sites for hydroxylation is 2. The predicted octanol–water partition coefficient (Wildman–Crippen LogP) is 4.93. The molecule has 5 nitrogen and oxygen atoms in total. The van der Waals surface area contributed by atoms with Crippen molar-refractivity contribution < 1.29 is 0 Å². The molecular formula is C25H27N5. The monoisotopic (exact) mass is 397 g/mol. The zero-order valence-electron chi connectivity index (χ0n) is 18.4. The molecule has 30 heavy (non-hydrogen) atoms. The third kappa shape index (κ3) is 3.71. The second-order valence-electron chi connectivity index (χ2n) is 7.96. The van der Waals surface area contributed by atoms with Crippen LogP contribution in [0.3, 0.4) is 0 Å². The lowest BCUT2D eigenvalue weighted by Gasteiger charge is -2.12. The Kier molecular flexibility index (Phi) is 5.12. The van der Waals surface area contributed by atoms with Gasteiger partial charge < -0.3 is 4.90 Å². The molecule has 0 fully saturated rings. The molecule has 0 saturated heterocycles. The van der Waals surface area contributed by atoms with Crippen LogP contribution in [0.25, 0.3) is 6.08 Å². The Morgan fingerprint density at radius 3 is 2.23 bits per heavy atom. The topological polar surface area (TPSA) is 45.8 Å². The van der Waals surface area contributed by atoms with E-state index in [9.17, 15) is 0 Å². The van der Waals surface area contributed by atoms with E-state index in [-0.39, 0.29) is 0 Å². The summed E-state index contributed by atoms with van der Waals surface area (Å²) in [7, 11) is 4.08. The van der Waals surface area contributed by atoms with E-state index in [1.165, 1.54) is 16.8 Å². The molecular weight excluding hydrogens is 370 g/mol. The smallest absolute Gasteiger partial charge is 0.252 e. The van der Waals surface area contributed by atoms with Gasteiger partial charge in [-0.2, -0.15) is 5.10 Å². The van der Waals surface area contributed by atoms with Crippen LogP contribution < -0.4 is 4.90 Å². The largest absolute Gasteiger partial charge is 0.378 e. The van der Waals surface area contributed by atoms with Gasteiger partial charge >= 0.3 is 0 Å². The summed E-state index contributed by atoms with van der Waals surface area (Å²) in [5, 5.41) is 4.66. The molecule has 1 aliphatic heterocycles. The number of aliphatic imine (C=N–C) groups is 2. The van der Waals surface area contributed by atoms with E-state index in [0.717, 1.165) is 33.9 Å². The number of hydrogen-bond acceptors (Lipinski definition) is 4. The van der Waals surface area contributed by atoms with Gasteiger partial charge in [0.1, 0.15) is 5.71 Å². The van der Waals surface area contributed by atoms with Gasteiger partial charge in [0.25, 0.3) is 5.96 Å². The number of benzene rings is 2. The lowest BCUT2D eigenvalue weighted by molar-refractivity contribution is 0.872. The van der Waals surface area contributed by atoms with Crippen LogP contribution in [0.15, 0.2) is 64.2 Å². The first-order valence-corrected chi connectivity index (χ1v) is 10.1. The van der Waals surface area contributed by atoms with Crippen molar-refractivity contribution >= 4 is 23.4 Å². The summed E-state index contributed by atoms with van der Waals surface area (Å²) in [5.74, 6) is 0.608. The van der Waals surface area contributed by atoms with Gasteiger partial charge in [-0.25, -0.2) is 14.7 Å². The van der Waals surface area contributed by atoms with Gasteiger partial charge in [0.05, 0.1) is 11.4 Å². The number of hydrogen-bond donors (Lipinski definition) is 0. The Morgan fingerprint density at radius 2 is 1.63 bits per heavy atom. The maximum Gasteiger partial charge on any atom is 0.252 e. The molecule has 4 rings (SSSR count). The molecule has 3 aromatic rings. The van der Waals surface area contributed by atoms with Crippen molar-refractivity contribution in [2.75, 3.05) is 19.0 Å². The number of nitrogens with zero attached hydrogens (tertiary/aromatic N) is 5. The summed E-state index contributed by atoms with van der Waals surface area (Å²) in [6.45, 7) is 8.25. The van der Waals surface area contributed by atoms with Crippen LogP contribution in [0.1, 0.15) is 33.6 Å². The number of aromatic nitrogens is 2. The summed E-state index contributed by atoms with van der Waals surface area (Å²) in [5.41, 5.74) is 9.46. The third-order valence-electron chi connectivity index (χ3n) is 5.52. The first kappa shape index (κ1) is 19.8. The van der Waals surface area contributed by atoms with Gasteiger partial charge in [0, 0.05) is 31.0 Å². The molecule has 2 heterocycles. The molecule has 0 amide bonds. The van der Waals surface area contributed by atoms with Crippen molar-refractivity contribution in [1.29, 1.82) is 0 Å². The van der Waals surface area contributed by atoms with Crippen molar-refractivity contribution in [3.05, 3.63) is 87.9 Å². The summed E-state index contributed by atoms with van der Waals surface area (Å²) < 4.78 is 1.84. The van der Waals surface area contributed by atoms with Gasteiger partial charge in [0.15, 0.2) is 0 Å². The van der Waals surface area contributed by atoms with Crippen LogP contribution in [0.2, 0.25) is 0 Å². The molecule has 0 bridgehead atoms. The van der Waals surface area contributed by atoms with Crippen LogP contribution in [-0.4, -0.2) is 35.5 Å². The van der Waals surface area contributed by atoms with Crippen LogP contribution in [0, 0.1) is 27.7 Å². The molecule has 0 atom stereocenters. The van der Waals surface area contributed by atoms with E-state index in [1.54, 1.807) is 0 Å². The van der Waals surface area contributed by atoms with E-state index < -0.39 is 0 Å². The van der Waals surface area contributed by atoms with Crippen LogP contribution in [-0.2, 0) is 0 Å². The molecule has 0 aliphatic carbocycles. The predicted molar refractivity (Wildman–Crippen MR) is 126 cm³/mol. The van der Waals surface area contributed by atoms with Crippen molar-refractivity contribution in [1.82, 2.24) is 9.78 Å². The Labute approximate surface area is 178 Å². The second kappa shape index (κ2) is 7.75. The minimum Gasteiger partial charge on any atom is -0.378 e. The Bertz CT molecular complexity index is 1190. The van der Waals surface area contributed by atoms with Crippen molar-refractivity contribution in [2.45, 2.75) is 27.7 Å². The van der Waals surface area contributed by atoms with Crippen LogP contribution >= 0.6 is 0 Å². The Hall–Kier alpha value is -3.47. The van der Waals surface area contributed by atoms with Crippen LogP contribution in [0.4, 0.5) is 5.69 Å². The molecule has 0 unspecified atom stereocenters. The van der Waals surface area contributed by atoms with Crippen LogP contribution in [0.5, 0.6) is 0 Å². The maximum absolute atomic E-state index is 4.90. The molecule has 0 N–H and O–H groups in total. The van der Waals surface area contributed by atoms with Gasteiger partial charge in [-0.15, -0.1) is 0 Å². The first-order chi connectivity index (χ1) is 14.3. The maximum atomic E-state index is 4.90. The number of rotatable bonds is 3. The van der Waals surface area contributed by atoms with Gasteiger partial charge in [-0.1, -0.05) is 35.9 Å². The molecule has 2 aromatic carbocycles. The summed E-state index contributed by atoms with van der Waals surface area (Å²) in [4.78, 5) is 11.9. The molecule has 0 saturated carbocycles. The summed E-state index contributed by atoms with van der Waals surface area (Å²) >= 11 is 0. The SMILES string of the molecule is Cc1cccc(C2=NC(n3nc(C)c(C)c3C)=NC2=Cc2ccc(N(C)C)cc2)c1. The van der Waals surface area contributed by atoms with E-state index in [4.69, 9.17) is 9.98 Å². The highest BCUT2D eigenvalue weighted by Crippen LogP contribution is 2.24. The highest BCUT2D eigenvalue weighted by Gasteiger charge is 2.22. The normalized spacial score (nSPS) is 14.8. The minimum atomic E-state index is 0.608. The standard InChI is InChI=1S/C25H27N5/c1-16-8-7-9-21(14-16)24-23(15-20-10-12-22(13-11-20)29(5)6)26-25(27-24)30-19(4)17(2)18(3)28-30/h7-15H,1-6H3. The van der Waals surface area contributed by atoms with Crippen molar-refractivity contribution in [3.8, 4) is 0 Å². The number of allylic oxidation sites excluding steroid dienone is 1. The average Bonchev–Trinajstić information content (AvgIpc) is 3.24. The van der Waals surface area contributed by atoms with Gasteiger partial charge in [-0.3, -0.25) is 0 Å². The van der Waals surface area contributed by atoms with E-state index in [0.29, 0.717) is 5.96 Å². The van der Waals surface area contributed by atoms with E-state index in [1.807, 2.05) is 25.7 Å². The lowest BCUT2D eigenvalue weighted by atomic mass is 10.0. The van der Waals surface area contributed by atoms with E-state index in [2.05, 4.69) is 85.4 Å². The van der Waals surface area contributed by atoms with Crippen molar-refractivity contribution in [2.24, 2.45) is 9.98 Å². The quantitative estimate of drug-likeness (QED) is 0.629. The first-order valence-electron chi connectivity index (χ1n) is 10.1. The second-order valence-corrected chi connectivity index (χ2v) is 7.96.